The van der Waals surface area contributed by atoms with Crippen molar-refractivity contribution in [2.45, 2.75) is 13.8 Å². The fourth-order valence-corrected chi connectivity index (χ4v) is 0.577. The average Bonchev–Trinajstić information content (AvgIpc) is 1.63. The van der Waals surface area contributed by atoms with Gasteiger partial charge in [0.25, 0.3) is 0 Å². The molecule has 1 heteroatoms. The smallest absolute Gasteiger partial charge is 0.00657 e. The van der Waals surface area contributed by atoms with Crippen LogP contribution in [0.2, 0.25) is 0 Å². The zero-order chi connectivity index (χ0) is 7.44. The van der Waals surface area contributed by atoms with Gasteiger partial charge in [-0.2, -0.15) is 0 Å². The van der Waals surface area contributed by atoms with Crippen LogP contribution in [0.4, 0.5) is 0 Å². The van der Waals surface area contributed by atoms with E-state index in [1.165, 1.54) is 0 Å². The second-order valence-electron chi connectivity index (χ2n) is 2.16. The molecule has 0 aromatic carbocycles. The molecule has 0 aromatic heterocycles. The Morgan fingerprint density at radius 3 is 1.89 bits per heavy atom. The summed E-state index contributed by atoms with van der Waals surface area (Å²) < 4.78 is 0. The topological polar surface area (TPSA) is 0 Å². The van der Waals surface area contributed by atoms with Crippen LogP contribution in [0.15, 0.2) is 35.3 Å². The predicted molar refractivity (Wildman–Crippen MR) is 46.7 cm³/mol. The molecule has 0 aromatic rings. The van der Waals surface area contributed by atoms with Gasteiger partial charge in [0.2, 0.25) is 0 Å². The van der Waals surface area contributed by atoms with Gasteiger partial charge in [0.05, 0.1) is 0 Å². The summed E-state index contributed by atoms with van der Waals surface area (Å²) in [6, 6.07) is 0. The lowest BCUT2D eigenvalue weighted by molar-refractivity contribution is 1.48. The first-order chi connectivity index (χ1) is 4.04. The highest BCUT2D eigenvalue weighted by molar-refractivity contribution is 7.84. The van der Waals surface area contributed by atoms with Gasteiger partial charge in [-0.15, -0.1) is 12.6 Å². The standard InChI is InChI=1S/C8H12S/c1-6(2)5-8(9)7(3)4/h5,9H,1,3H2,2,4H3. The molecule has 0 spiro atoms. The number of allylic oxidation sites excluding steroid dienone is 3. The van der Waals surface area contributed by atoms with Crippen LogP contribution in [0.25, 0.3) is 0 Å². The maximum Gasteiger partial charge on any atom is 0.00657 e. The molecule has 0 N–H and O–H groups in total. The Kier molecular flexibility index (Phi) is 3.40. The van der Waals surface area contributed by atoms with E-state index in [9.17, 15) is 0 Å². The van der Waals surface area contributed by atoms with Crippen molar-refractivity contribution in [3.8, 4) is 0 Å². The van der Waals surface area contributed by atoms with E-state index in [2.05, 4.69) is 25.8 Å². The molecule has 0 saturated heterocycles. The van der Waals surface area contributed by atoms with E-state index in [4.69, 9.17) is 0 Å². The van der Waals surface area contributed by atoms with Gasteiger partial charge in [0, 0.05) is 4.91 Å². The molecule has 0 saturated carbocycles. The molecule has 0 radical (unpaired) electrons. The average molecular weight is 140 g/mol. The van der Waals surface area contributed by atoms with E-state index < -0.39 is 0 Å². The number of hydrogen-bond acceptors (Lipinski definition) is 1. The highest BCUT2D eigenvalue weighted by Gasteiger charge is 1.87. The lowest BCUT2D eigenvalue weighted by atomic mass is 10.2. The van der Waals surface area contributed by atoms with Gasteiger partial charge < -0.3 is 0 Å². The van der Waals surface area contributed by atoms with Crippen molar-refractivity contribution in [3.63, 3.8) is 0 Å². The first-order valence-corrected chi connectivity index (χ1v) is 3.21. The molecule has 0 nitrogen and oxygen atoms in total. The Hall–Kier alpha value is -0.430. The Labute approximate surface area is 62.4 Å². The van der Waals surface area contributed by atoms with E-state index in [0.717, 1.165) is 16.1 Å². The molecular formula is C8H12S. The van der Waals surface area contributed by atoms with Gasteiger partial charge in [-0.1, -0.05) is 18.7 Å². The van der Waals surface area contributed by atoms with Crippen molar-refractivity contribution < 1.29 is 0 Å². The quantitative estimate of drug-likeness (QED) is 0.442. The summed E-state index contributed by atoms with van der Waals surface area (Å²) in [4.78, 5) is 0.905. The summed E-state index contributed by atoms with van der Waals surface area (Å²) in [6.07, 6.45) is 1.89. The molecule has 9 heavy (non-hydrogen) atoms. The second-order valence-corrected chi connectivity index (χ2v) is 2.64. The monoisotopic (exact) mass is 140 g/mol. The van der Waals surface area contributed by atoms with Crippen molar-refractivity contribution >= 4 is 12.6 Å². The molecule has 0 fully saturated rings. The van der Waals surface area contributed by atoms with E-state index in [1.807, 2.05) is 19.9 Å². The first kappa shape index (κ1) is 8.57. The molecule has 50 valence electrons. The molecule has 0 aliphatic heterocycles. The van der Waals surface area contributed by atoms with Gasteiger partial charge in [0.15, 0.2) is 0 Å². The number of rotatable bonds is 2. The molecule has 0 amide bonds. The van der Waals surface area contributed by atoms with Crippen LogP contribution in [0, 0.1) is 0 Å². The lowest BCUT2D eigenvalue weighted by Crippen LogP contribution is -1.72. The minimum atomic E-state index is 0.905. The van der Waals surface area contributed by atoms with E-state index in [-0.39, 0.29) is 0 Å². The minimum absolute atomic E-state index is 0.905. The van der Waals surface area contributed by atoms with E-state index in [0.29, 0.717) is 0 Å². The van der Waals surface area contributed by atoms with Gasteiger partial charge in [0.1, 0.15) is 0 Å². The SMILES string of the molecule is C=C(C)C=C(S)C(=C)C. The number of thiol groups is 1. The summed E-state index contributed by atoms with van der Waals surface area (Å²) in [5.41, 5.74) is 1.98. The Balaban J connectivity index is 4.17. The Morgan fingerprint density at radius 1 is 1.33 bits per heavy atom. The van der Waals surface area contributed by atoms with Gasteiger partial charge in [-0.05, 0) is 25.5 Å². The summed E-state index contributed by atoms with van der Waals surface area (Å²) in [5.74, 6) is 0. The van der Waals surface area contributed by atoms with E-state index in [1.54, 1.807) is 0 Å². The Morgan fingerprint density at radius 2 is 1.78 bits per heavy atom. The van der Waals surface area contributed by atoms with Crippen LogP contribution < -0.4 is 0 Å². The predicted octanol–water partition coefficient (Wildman–Crippen LogP) is 2.95. The summed E-state index contributed by atoms with van der Waals surface area (Å²) in [6.45, 7) is 11.3. The van der Waals surface area contributed by atoms with Gasteiger partial charge in [-0.3, -0.25) is 0 Å². The van der Waals surface area contributed by atoms with E-state index >= 15 is 0 Å². The maximum atomic E-state index is 4.17. The zero-order valence-corrected chi connectivity index (χ0v) is 6.83. The highest BCUT2D eigenvalue weighted by Crippen LogP contribution is 2.12. The van der Waals surface area contributed by atoms with Crippen LogP contribution in [0.3, 0.4) is 0 Å². The van der Waals surface area contributed by atoms with Crippen molar-refractivity contribution in [2.24, 2.45) is 0 Å². The van der Waals surface area contributed by atoms with Crippen molar-refractivity contribution in [1.82, 2.24) is 0 Å². The van der Waals surface area contributed by atoms with Crippen LogP contribution in [-0.4, -0.2) is 0 Å². The van der Waals surface area contributed by atoms with Crippen molar-refractivity contribution in [2.75, 3.05) is 0 Å². The fourth-order valence-electron chi connectivity index (χ4n) is 0.357. The highest BCUT2D eigenvalue weighted by atomic mass is 32.1. The van der Waals surface area contributed by atoms with Gasteiger partial charge >= 0.3 is 0 Å². The molecule has 0 aliphatic rings. The summed E-state index contributed by atoms with van der Waals surface area (Å²) >= 11 is 4.17. The van der Waals surface area contributed by atoms with Crippen LogP contribution in [-0.2, 0) is 0 Å². The minimum Gasteiger partial charge on any atom is -0.143 e. The van der Waals surface area contributed by atoms with Crippen LogP contribution in [0.1, 0.15) is 13.8 Å². The van der Waals surface area contributed by atoms with Crippen molar-refractivity contribution in [3.05, 3.63) is 35.3 Å². The summed E-state index contributed by atoms with van der Waals surface area (Å²) in [7, 11) is 0. The fraction of sp³-hybridized carbons (Fsp3) is 0.250. The van der Waals surface area contributed by atoms with Gasteiger partial charge in [-0.25, -0.2) is 0 Å². The first-order valence-electron chi connectivity index (χ1n) is 2.76. The largest absolute Gasteiger partial charge is 0.143 e. The molecular weight excluding hydrogens is 128 g/mol. The second kappa shape index (κ2) is 3.57. The van der Waals surface area contributed by atoms with Crippen LogP contribution >= 0.6 is 12.6 Å². The molecule has 0 rings (SSSR count). The Bertz CT molecular complexity index is 163. The molecule has 0 atom stereocenters. The third kappa shape index (κ3) is 4.10. The molecule has 0 heterocycles. The molecule has 0 aliphatic carbocycles. The van der Waals surface area contributed by atoms with Crippen molar-refractivity contribution in [1.29, 1.82) is 0 Å². The van der Waals surface area contributed by atoms with Crippen LogP contribution in [0.5, 0.6) is 0 Å². The number of hydrogen-bond donors (Lipinski definition) is 1. The third-order valence-electron chi connectivity index (χ3n) is 0.820. The molecule has 0 unspecified atom stereocenters. The normalized spacial score (nSPS) is 11.2. The lowest BCUT2D eigenvalue weighted by Gasteiger charge is -1.95. The summed E-state index contributed by atoms with van der Waals surface area (Å²) in [5, 5.41) is 0. The third-order valence-corrected chi connectivity index (χ3v) is 1.33. The zero-order valence-electron chi connectivity index (χ0n) is 5.94. The molecule has 0 bridgehead atoms. The maximum absolute atomic E-state index is 4.17.